The van der Waals surface area contributed by atoms with Crippen molar-refractivity contribution in [2.75, 3.05) is 17.4 Å². The molecule has 2 aromatic rings. The lowest BCUT2D eigenvalue weighted by Gasteiger charge is -2.25. The van der Waals surface area contributed by atoms with Crippen LogP contribution in [0.1, 0.15) is 45.1 Å². The number of sulfonamides is 1. The second-order valence-corrected chi connectivity index (χ2v) is 9.75. The molecule has 5 nitrogen and oxygen atoms in total. The number of nitrogens with one attached hydrogen (secondary N) is 1. The Morgan fingerprint density at radius 1 is 1.13 bits per heavy atom. The van der Waals surface area contributed by atoms with Crippen molar-refractivity contribution in [3.05, 3.63) is 59.1 Å². The van der Waals surface area contributed by atoms with Gasteiger partial charge in [0, 0.05) is 11.6 Å². The number of carbonyl (C=O) groups excluding carboxylic acids is 1. The van der Waals surface area contributed by atoms with Gasteiger partial charge in [0.2, 0.25) is 5.91 Å². The molecule has 0 radical (unpaired) electrons. The van der Waals surface area contributed by atoms with Gasteiger partial charge < -0.3 is 5.32 Å². The minimum atomic E-state index is -3.92. The standard InChI is InChI=1S/C23H31ClN2O3S/c1-4-6-10-19(5-2)16-25-23(27)17-26(20-14-13-18(3)22(24)15-20)30(28,29)21-11-8-7-9-12-21/h7-9,11-15,19H,4-6,10,16-17H2,1-3H3,(H,25,27)/t19-/m1/s1. The molecule has 0 heterocycles. The molecular formula is C23H31ClN2O3S. The summed E-state index contributed by atoms with van der Waals surface area (Å²) in [5.74, 6) is 0.0584. The van der Waals surface area contributed by atoms with Gasteiger partial charge >= 0.3 is 0 Å². The van der Waals surface area contributed by atoms with Crippen LogP contribution in [0.5, 0.6) is 0 Å². The van der Waals surface area contributed by atoms with Gasteiger partial charge in [-0.2, -0.15) is 0 Å². The van der Waals surface area contributed by atoms with Gasteiger partial charge in [-0.1, -0.05) is 69.0 Å². The van der Waals surface area contributed by atoms with Crippen molar-refractivity contribution in [2.24, 2.45) is 5.92 Å². The van der Waals surface area contributed by atoms with E-state index in [1.807, 2.05) is 6.92 Å². The first kappa shape index (κ1) is 24.2. The fraction of sp³-hybridized carbons (Fsp3) is 0.435. The summed E-state index contributed by atoms with van der Waals surface area (Å²) in [6.45, 7) is 6.33. The molecule has 0 aliphatic heterocycles. The lowest BCUT2D eigenvalue weighted by molar-refractivity contribution is -0.119. The predicted octanol–water partition coefficient (Wildman–Crippen LogP) is 5.18. The van der Waals surface area contributed by atoms with Crippen molar-refractivity contribution in [3.8, 4) is 0 Å². The third-order valence-corrected chi connectivity index (χ3v) is 7.39. The largest absolute Gasteiger partial charge is 0.354 e. The maximum absolute atomic E-state index is 13.3. The van der Waals surface area contributed by atoms with Gasteiger partial charge in [-0.3, -0.25) is 9.10 Å². The number of unbranched alkanes of at least 4 members (excludes halogenated alkanes) is 1. The lowest BCUT2D eigenvalue weighted by Crippen LogP contribution is -2.42. The molecule has 1 amide bonds. The Balaban J connectivity index is 2.26. The highest BCUT2D eigenvalue weighted by Gasteiger charge is 2.27. The van der Waals surface area contributed by atoms with Crippen LogP contribution in [-0.2, 0) is 14.8 Å². The summed E-state index contributed by atoms with van der Waals surface area (Å²) >= 11 is 6.24. The molecule has 2 aromatic carbocycles. The summed E-state index contributed by atoms with van der Waals surface area (Å²) in [6, 6.07) is 13.1. The number of hydrogen-bond donors (Lipinski definition) is 1. The van der Waals surface area contributed by atoms with E-state index in [1.54, 1.807) is 36.4 Å². The van der Waals surface area contributed by atoms with Crippen LogP contribution >= 0.6 is 11.6 Å². The van der Waals surface area contributed by atoms with Crippen LogP contribution in [0.2, 0.25) is 5.02 Å². The van der Waals surface area contributed by atoms with Crippen LogP contribution < -0.4 is 9.62 Å². The summed E-state index contributed by atoms with van der Waals surface area (Å²) in [5.41, 5.74) is 1.20. The lowest BCUT2D eigenvalue weighted by atomic mass is 9.99. The molecule has 1 N–H and O–H groups in total. The molecule has 0 unspecified atom stereocenters. The molecule has 0 aliphatic carbocycles. The Bertz CT molecular complexity index is 933. The average molecular weight is 451 g/mol. The smallest absolute Gasteiger partial charge is 0.264 e. The zero-order chi connectivity index (χ0) is 22.1. The monoisotopic (exact) mass is 450 g/mol. The van der Waals surface area contributed by atoms with Gasteiger partial charge in [-0.05, 0) is 49.1 Å². The van der Waals surface area contributed by atoms with Crippen molar-refractivity contribution in [1.29, 1.82) is 0 Å². The SMILES string of the molecule is CCCC[C@@H](CC)CNC(=O)CN(c1ccc(C)c(Cl)c1)S(=O)(=O)c1ccccc1. The van der Waals surface area contributed by atoms with E-state index in [9.17, 15) is 13.2 Å². The second kappa shape index (κ2) is 11.4. The summed E-state index contributed by atoms with van der Waals surface area (Å²) in [5, 5.41) is 3.37. The van der Waals surface area contributed by atoms with Gasteiger partial charge in [0.15, 0.2) is 0 Å². The molecule has 0 spiro atoms. The Labute approximate surface area is 185 Å². The number of amides is 1. The quantitative estimate of drug-likeness (QED) is 0.513. The Hall–Kier alpha value is -2.05. The second-order valence-electron chi connectivity index (χ2n) is 7.48. The zero-order valence-electron chi connectivity index (χ0n) is 17.9. The summed E-state index contributed by atoms with van der Waals surface area (Å²) in [6.07, 6.45) is 4.25. The predicted molar refractivity (Wildman–Crippen MR) is 123 cm³/mol. The average Bonchev–Trinajstić information content (AvgIpc) is 2.74. The Morgan fingerprint density at radius 2 is 1.83 bits per heavy atom. The first-order valence-electron chi connectivity index (χ1n) is 10.4. The highest BCUT2D eigenvalue weighted by atomic mass is 35.5. The maximum atomic E-state index is 13.3. The molecular weight excluding hydrogens is 420 g/mol. The number of anilines is 1. The van der Waals surface area contributed by atoms with Crippen molar-refractivity contribution < 1.29 is 13.2 Å². The van der Waals surface area contributed by atoms with Crippen molar-refractivity contribution in [2.45, 2.75) is 51.3 Å². The summed E-state index contributed by atoms with van der Waals surface area (Å²) in [7, 11) is -3.92. The van der Waals surface area contributed by atoms with Gasteiger partial charge in [-0.25, -0.2) is 8.42 Å². The Kier molecular flexibility index (Phi) is 9.18. The van der Waals surface area contributed by atoms with E-state index in [0.717, 1.165) is 35.6 Å². The van der Waals surface area contributed by atoms with E-state index < -0.39 is 10.0 Å². The first-order chi connectivity index (χ1) is 14.3. The first-order valence-corrected chi connectivity index (χ1v) is 12.2. The third-order valence-electron chi connectivity index (χ3n) is 5.19. The number of carbonyl (C=O) groups is 1. The van der Waals surface area contributed by atoms with E-state index in [-0.39, 0.29) is 17.3 Å². The van der Waals surface area contributed by atoms with Gasteiger partial charge in [0.25, 0.3) is 10.0 Å². The van der Waals surface area contributed by atoms with Crippen molar-refractivity contribution in [3.63, 3.8) is 0 Å². The fourth-order valence-electron chi connectivity index (χ4n) is 3.16. The molecule has 1 atom stereocenters. The fourth-order valence-corrected chi connectivity index (χ4v) is 4.77. The minimum Gasteiger partial charge on any atom is -0.354 e. The van der Waals surface area contributed by atoms with Crippen LogP contribution in [-0.4, -0.2) is 27.4 Å². The van der Waals surface area contributed by atoms with E-state index in [4.69, 9.17) is 11.6 Å². The maximum Gasteiger partial charge on any atom is 0.264 e. The van der Waals surface area contributed by atoms with Crippen LogP contribution in [0, 0.1) is 12.8 Å². The molecule has 0 saturated carbocycles. The van der Waals surface area contributed by atoms with E-state index in [0.29, 0.717) is 23.2 Å². The van der Waals surface area contributed by atoms with Gasteiger partial charge in [0.05, 0.1) is 10.6 Å². The molecule has 164 valence electrons. The summed E-state index contributed by atoms with van der Waals surface area (Å²) < 4.78 is 27.7. The Morgan fingerprint density at radius 3 is 2.43 bits per heavy atom. The highest BCUT2D eigenvalue weighted by molar-refractivity contribution is 7.92. The van der Waals surface area contributed by atoms with Gasteiger partial charge in [0.1, 0.15) is 6.54 Å². The van der Waals surface area contributed by atoms with E-state index in [1.165, 1.54) is 12.1 Å². The molecule has 30 heavy (non-hydrogen) atoms. The molecule has 0 fully saturated rings. The van der Waals surface area contributed by atoms with Crippen LogP contribution in [0.3, 0.4) is 0 Å². The van der Waals surface area contributed by atoms with Crippen LogP contribution in [0.15, 0.2) is 53.4 Å². The molecule has 0 aromatic heterocycles. The number of nitrogens with zero attached hydrogens (tertiary/aromatic N) is 1. The molecule has 2 rings (SSSR count). The molecule has 0 aliphatic rings. The normalized spacial score (nSPS) is 12.4. The van der Waals surface area contributed by atoms with Crippen molar-refractivity contribution >= 4 is 33.2 Å². The topological polar surface area (TPSA) is 66.5 Å². The van der Waals surface area contributed by atoms with Crippen molar-refractivity contribution in [1.82, 2.24) is 5.32 Å². The van der Waals surface area contributed by atoms with E-state index >= 15 is 0 Å². The highest BCUT2D eigenvalue weighted by Crippen LogP contribution is 2.28. The molecule has 7 heteroatoms. The summed E-state index contributed by atoms with van der Waals surface area (Å²) in [4.78, 5) is 12.8. The number of aryl methyl sites for hydroxylation is 1. The van der Waals surface area contributed by atoms with Crippen LogP contribution in [0.4, 0.5) is 5.69 Å². The van der Waals surface area contributed by atoms with Crippen LogP contribution in [0.25, 0.3) is 0 Å². The molecule has 0 bridgehead atoms. The molecule has 0 saturated heterocycles. The zero-order valence-corrected chi connectivity index (χ0v) is 19.5. The number of rotatable bonds is 11. The number of benzene rings is 2. The van der Waals surface area contributed by atoms with E-state index in [2.05, 4.69) is 19.2 Å². The third kappa shape index (κ3) is 6.47. The van der Waals surface area contributed by atoms with Gasteiger partial charge in [-0.15, -0.1) is 0 Å². The number of halogens is 1. The number of hydrogen-bond acceptors (Lipinski definition) is 3. The minimum absolute atomic E-state index is 0.129.